The Bertz CT molecular complexity index is 792. The van der Waals surface area contributed by atoms with Crippen LogP contribution >= 0.6 is 11.6 Å². The number of carbonyl (C=O) groups excluding carboxylic acids is 1. The second-order valence-electron chi connectivity index (χ2n) is 4.31. The van der Waals surface area contributed by atoms with Crippen LogP contribution in [0.5, 0.6) is 0 Å². The van der Waals surface area contributed by atoms with Crippen molar-refractivity contribution in [2.24, 2.45) is 0 Å². The van der Waals surface area contributed by atoms with E-state index in [1.54, 1.807) is 0 Å². The molecule has 0 aromatic heterocycles. The van der Waals surface area contributed by atoms with Crippen molar-refractivity contribution in [1.29, 1.82) is 0 Å². The van der Waals surface area contributed by atoms with Crippen LogP contribution in [-0.2, 0) is 0 Å². The first-order valence-electron chi connectivity index (χ1n) is 5.99. The topological polar surface area (TPSA) is 115 Å². The van der Waals surface area contributed by atoms with Crippen LogP contribution in [0.15, 0.2) is 36.4 Å². The Morgan fingerprint density at radius 2 is 1.65 bits per heavy atom. The lowest BCUT2D eigenvalue weighted by Gasteiger charge is -2.06. The van der Waals surface area contributed by atoms with Crippen molar-refractivity contribution in [3.05, 3.63) is 73.0 Å². The van der Waals surface area contributed by atoms with Crippen LogP contribution in [0.1, 0.15) is 10.4 Å². The molecule has 0 saturated carbocycles. The number of hydrogen-bond donors (Lipinski definition) is 1. The molecule has 1 N–H and O–H groups in total. The molecule has 2 rings (SSSR count). The van der Waals surface area contributed by atoms with Gasteiger partial charge in [-0.15, -0.1) is 0 Å². The number of amides is 1. The van der Waals surface area contributed by atoms with Crippen LogP contribution in [0.2, 0.25) is 5.02 Å². The van der Waals surface area contributed by atoms with E-state index in [0.717, 1.165) is 24.3 Å². The normalized spacial score (nSPS) is 10.2. The maximum absolute atomic E-state index is 13.1. The molecule has 0 aliphatic carbocycles. The molecule has 118 valence electrons. The van der Waals surface area contributed by atoms with E-state index >= 15 is 0 Å². The Kier molecular flexibility index (Phi) is 4.51. The molecular formula is C13H7ClFN3O5. The molecule has 0 atom stereocenters. The van der Waals surface area contributed by atoms with Gasteiger partial charge in [0.25, 0.3) is 17.3 Å². The van der Waals surface area contributed by atoms with Crippen LogP contribution in [-0.4, -0.2) is 15.8 Å². The van der Waals surface area contributed by atoms with E-state index in [-0.39, 0.29) is 11.3 Å². The molecular weight excluding hydrogens is 333 g/mol. The van der Waals surface area contributed by atoms with Crippen LogP contribution in [0, 0.1) is 26.0 Å². The van der Waals surface area contributed by atoms with Gasteiger partial charge in [-0.3, -0.25) is 25.0 Å². The van der Waals surface area contributed by atoms with Gasteiger partial charge in [0.15, 0.2) is 5.02 Å². The van der Waals surface area contributed by atoms with Crippen LogP contribution < -0.4 is 5.32 Å². The number of nitrogens with one attached hydrogen (secondary N) is 1. The number of rotatable bonds is 4. The lowest BCUT2D eigenvalue weighted by Crippen LogP contribution is -2.13. The van der Waals surface area contributed by atoms with Crippen molar-refractivity contribution < 1.29 is 19.0 Å². The molecule has 0 radical (unpaired) electrons. The fourth-order valence-electron chi connectivity index (χ4n) is 1.76. The van der Waals surface area contributed by atoms with E-state index in [1.165, 1.54) is 12.1 Å². The number of nitro groups is 2. The number of hydrogen-bond acceptors (Lipinski definition) is 5. The third-order valence-corrected chi connectivity index (χ3v) is 3.16. The molecule has 0 aliphatic heterocycles. The number of benzene rings is 2. The Balaban J connectivity index is 2.44. The highest BCUT2D eigenvalue weighted by molar-refractivity contribution is 6.35. The van der Waals surface area contributed by atoms with E-state index in [4.69, 9.17) is 11.6 Å². The van der Waals surface area contributed by atoms with Crippen LogP contribution in [0.25, 0.3) is 0 Å². The molecule has 0 heterocycles. The largest absolute Gasteiger partial charge is 0.322 e. The molecule has 2 aromatic carbocycles. The Labute approximate surface area is 132 Å². The molecule has 0 fully saturated rings. The van der Waals surface area contributed by atoms with Gasteiger partial charge in [-0.2, -0.15) is 0 Å². The van der Waals surface area contributed by atoms with Crippen molar-refractivity contribution in [3.63, 3.8) is 0 Å². The maximum Gasteiger partial charge on any atom is 0.295 e. The number of nitrogens with zero attached hydrogens (tertiary/aromatic N) is 2. The van der Waals surface area contributed by atoms with Gasteiger partial charge in [0, 0.05) is 17.8 Å². The standard InChI is InChI=1S/C13H7ClFN3O5/c14-12-10(17(20)21)4-7(5-11(12)18(22)23)13(19)16-9-3-1-2-8(15)6-9/h1-6H,(H,16,19). The molecule has 0 bridgehead atoms. The summed E-state index contributed by atoms with van der Waals surface area (Å²) in [5.74, 6) is -1.48. The molecule has 0 unspecified atom stereocenters. The molecule has 0 spiro atoms. The summed E-state index contributed by atoms with van der Waals surface area (Å²) < 4.78 is 13.1. The van der Waals surface area contributed by atoms with Crippen molar-refractivity contribution in [2.45, 2.75) is 0 Å². The number of nitro benzene ring substituents is 2. The number of halogens is 2. The van der Waals surface area contributed by atoms with E-state index in [1.807, 2.05) is 0 Å². The highest BCUT2D eigenvalue weighted by atomic mass is 35.5. The number of anilines is 1. The zero-order valence-corrected chi connectivity index (χ0v) is 11.9. The first-order valence-corrected chi connectivity index (χ1v) is 6.36. The van der Waals surface area contributed by atoms with Crippen molar-refractivity contribution in [1.82, 2.24) is 0 Å². The lowest BCUT2D eigenvalue weighted by molar-refractivity contribution is -0.393. The molecule has 10 heteroatoms. The van der Waals surface area contributed by atoms with E-state index in [0.29, 0.717) is 0 Å². The van der Waals surface area contributed by atoms with Gasteiger partial charge in [0.2, 0.25) is 0 Å². The van der Waals surface area contributed by atoms with Crippen molar-refractivity contribution in [3.8, 4) is 0 Å². The van der Waals surface area contributed by atoms with Crippen molar-refractivity contribution >= 4 is 34.6 Å². The molecule has 0 saturated heterocycles. The van der Waals surface area contributed by atoms with Gasteiger partial charge in [-0.05, 0) is 18.2 Å². The van der Waals surface area contributed by atoms with E-state index in [2.05, 4.69) is 5.32 Å². The Morgan fingerprint density at radius 3 is 2.13 bits per heavy atom. The minimum Gasteiger partial charge on any atom is -0.322 e. The molecule has 2 aromatic rings. The van der Waals surface area contributed by atoms with E-state index < -0.39 is 38.0 Å². The van der Waals surface area contributed by atoms with Gasteiger partial charge < -0.3 is 5.32 Å². The maximum atomic E-state index is 13.1. The summed E-state index contributed by atoms with van der Waals surface area (Å²) in [6.07, 6.45) is 0. The van der Waals surface area contributed by atoms with Crippen molar-refractivity contribution in [2.75, 3.05) is 5.32 Å². The third kappa shape index (κ3) is 3.58. The zero-order chi connectivity index (χ0) is 17.1. The second kappa shape index (κ2) is 6.36. The van der Waals surface area contributed by atoms with E-state index in [9.17, 15) is 29.4 Å². The Morgan fingerprint density at radius 1 is 1.09 bits per heavy atom. The fraction of sp³-hybridized carbons (Fsp3) is 0. The summed E-state index contributed by atoms with van der Waals surface area (Å²) in [6, 6.07) is 6.54. The first kappa shape index (κ1) is 16.3. The summed E-state index contributed by atoms with van der Waals surface area (Å²) in [5, 5.41) is 23.4. The summed E-state index contributed by atoms with van der Waals surface area (Å²) in [5.41, 5.74) is -1.80. The molecule has 0 aliphatic rings. The lowest BCUT2D eigenvalue weighted by atomic mass is 10.1. The smallest absolute Gasteiger partial charge is 0.295 e. The van der Waals surface area contributed by atoms with Gasteiger partial charge in [-0.25, -0.2) is 4.39 Å². The first-order chi connectivity index (χ1) is 10.8. The quantitative estimate of drug-likeness (QED) is 0.675. The zero-order valence-electron chi connectivity index (χ0n) is 11.2. The SMILES string of the molecule is O=C(Nc1cccc(F)c1)c1cc([N+](=O)[O-])c(Cl)c([N+](=O)[O-])c1. The van der Waals surface area contributed by atoms with Gasteiger partial charge >= 0.3 is 0 Å². The predicted octanol–water partition coefficient (Wildman–Crippen LogP) is 3.55. The van der Waals surface area contributed by atoms with Gasteiger partial charge in [0.1, 0.15) is 5.82 Å². The van der Waals surface area contributed by atoms with Crippen LogP contribution in [0.3, 0.4) is 0 Å². The fourth-order valence-corrected chi connectivity index (χ4v) is 2.01. The summed E-state index contributed by atoms with van der Waals surface area (Å²) in [4.78, 5) is 32.0. The average molecular weight is 340 g/mol. The third-order valence-electron chi connectivity index (χ3n) is 2.77. The monoisotopic (exact) mass is 339 g/mol. The minimum atomic E-state index is -0.936. The highest BCUT2D eigenvalue weighted by Gasteiger charge is 2.27. The molecule has 8 nitrogen and oxygen atoms in total. The van der Waals surface area contributed by atoms with Gasteiger partial charge in [0.05, 0.1) is 15.4 Å². The Hall–Kier alpha value is -3.07. The minimum absolute atomic E-state index is 0.0928. The second-order valence-corrected chi connectivity index (χ2v) is 4.69. The van der Waals surface area contributed by atoms with Crippen LogP contribution in [0.4, 0.5) is 21.5 Å². The van der Waals surface area contributed by atoms with Gasteiger partial charge in [-0.1, -0.05) is 17.7 Å². The highest BCUT2D eigenvalue weighted by Crippen LogP contribution is 2.35. The summed E-state index contributed by atoms with van der Waals surface area (Å²) in [6.45, 7) is 0. The molecule has 1 amide bonds. The summed E-state index contributed by atoms with van der Waals surface area (Å²) in [7, 11) is 0. The average Bonchev–Trinajstić information content (AvgIpc) is 2.46. The number of carbonyl (C=O) groups is 1. The summed E-state index contributed by atoms with van der Waals surface area (Å²) >= 11 is 5.59. The molecule has 23 heavy (non-hydrogen) atoms. The predicted molar refractivity (Wildman–Crippen MR) is 79.1 cm³/mol.